The van der Waals surface area contributed by atoms with Crippen LogP contribution >= 0.6 is 23.2 Å². The molecule has 0 amide bonds. The van der Waals surface area contributed by atoms with E-state index in [1.54, 1.807) is 42.5 Å². The van der Waals surface area contributed by atoms with E-state index in [2.05, 4.69) is 12.1 Å². The molecule has 4 heteroatoms. The van der Waals surface area contributed by atoms with Gasteiger partial charge >= 0.3 is 0 Å². The third-order valence-corrected chi connectivity index (χ3v) is 3.37. The van der Waals surface area contributed by atoms with E-state index in [0.29, 0.717) is 21.2 Å². The lowest BCUT2D eigenvalue weighted by Crippen LogP contribution is -2.01. The highest BCUT2D eigenvalue weighted by Gasteiger charge is 2.18. The van der Waals surface area contributed by atoms with Crippen molar-refractivity contribution in [1.29, 1.82) is 10.5 Å². The van der Waals surface area contributed by atoms with E-state index >= 15 is 0 Å². The van der Waals surface area contributed by atoms with E-state index in [-0.39, 0.29) is 0 Å². The van der Waals surface area contributed by atoms with Crippen molar-refractivity contribution in [2.45, 2.75) is 5.92 Å². The van der Waals surface area contributed by atoms with Crippen LogP contribution in [0.3, 0.4) is 0 Å². The zero-order chi connectivity index (χ0) is 13.8. The van der Waals surface area contributed by atoms with Gasteiger partial charge in [-0.15, -0.1) is 0 Å². The topological polar surface area (TPSA) is 47.6 Å². The van der Waals surface area contributed by atoms with Gasteiger partial charge in [0.15, 0.2) is 0 Å². The molecular weight excluding hydrogens is 279 g/mol. The molecular formula is C15H8Cl2N2. The van der Waals surface area contributed by atoms with Gasteiger partial charge in [-0.1, -0.05) is 47.5 Å². The van der Waals surface area contributed by atoms with Crippen LogP contribution in [0.15, 0.2) is 42.5 Å². The van der Waals surface area contributed by atoms with Crippen LogP contribution in [-0.4, -0.2) is 0 Å². The minimum atomic E-state index is -0.536. The zero-order valence-corrected chi connectivity index (χ0v) is 11.3. The predicted molar refractivity (Wildman–Crippen MR) is 75.1 cm³/mol. The first-order valence-electron chi connectivity index (χ1n) is 5.51. The molecule has 0 spiro atoms. The summed E-state index contributed by atoms with van der Waals surface area (Å²) < 4.78 is 0. The van der Waals surface area contributed by atoms with E-state index in [4.69, 9.17) is 28.5 Å². The molecule has 0 aliphatic heterocycles. The fourth-order valence-electron chi connectivity index (χ4n) is 1.88. The van der Waals surface area contributed by atoms with Gasteiger partial charge in [-0.05, 0) is 29.3 Å². The molecule has 0 saturated heterocycles. The van der Waals surface area contributed by atoms with Crippen LogP contribution in [0, 0.1) is 22.7 Å². The van der Waals surface area contributed by atoms with Gasteiger partial charge in [-0.25, -0.2) is 0 Å². The van der Waals surface area contributed by atoms with Crippen LogP contribution in [0.1, 0.15) is 22.6 Å². The summed E-state index contributed by atoms with van der Waals surface area (Å²) in [4.78, 5) is 0. The molecule has 0 fully saturated rings. The molecule has 2 aromatic carbocycles. The van der Waals surface area contributed by atoms with Crippen LogP contribution in [0.25, 0.3) is 0 Å². The standard InChI is InChI=1S/C15H8Cl2N2/c16-11-6-4-10(5-7-11)13(8-18)12-2-1-3-15(17)14(12)9-19/h1-7,13H/t13-/m0/s1. The largest absolute Gasteiger partial charge is 0.197 e. The maximum absolute atomic E-state index is 9.38. The average Bonchev–Trinajstić information content (AvgIpc) is 2.42. The van der Waals surface area contributed by atoms with E-state index in [1.807, 2.05) is 0 Å². The minimum Gasteiger partial charge on any atom is -0.197 e. The summed E-state index contributed by atoms with van der Waals surface area (Å²) in [5.41, 5.74) is 1.73. The first-order valence-corrected chi connectivity index (χ1v) is 6.26. The van der Waals surface area contributed by atoms with E-state index in [9.17, 15) is 5.26 Å². The molecule has 19 heavy (non-hydrogen) atoms. The molecule has 2 aromatic rings. The van der Waals surface area contributed by atoms with Gasteiger partial charge in [-0.2, -0.15) is 10.5 Å². The lowest BCUT2D eigenvalue weighted by molar-refractivity contribution is 1.03. The second-order valence-electron chi connectivity index (χ2n) is 3.93. The molecule has 0 aliphatic rings. The Morgan fingerprint density at radius 3 is 2.21 bits per heavy atom. The highest BCUT2D eigenvalue weighted by Crippen LogP contribution is 2.30. The van der Waals surface area contributed by atoms with Gasteiger partial charge in [0.2, 0.25) is 0 Å². The summed E-state index contributed by atoms with van der Waals surface area (Å²) in [7, 11) is 0. The molecule has 2 rings (SSSR count). The van der Waals surface area contributed by atoms with Crippen molar-refractivity contribution in [3.05, 3.63) is 69.2 Å². The summed E-state index contributed by atoms with van der Waals surface area (Å²) in [6, 6.07) is 16.4. The Bertz CT molecular complexity index is 679. The third kappa shape index (κ3) is 2.71. The van der Waals surface area contributed by atoms with E-state index in [0.717, 1.165) is 5.56 Å². The minimum absolute atomic E-state index is 0.339. The highest BCUT2D eigenvalue weighted by atomic mass is 35.5. The number of nitrogens with zero attached hydrogens (tertiary/aromatic N) is 2. The average molecular weight is 287 g/mol. The van der Waals surface area contributed by atoms with E-state index < -0.39 is 5.92 Å². The Balaban J connectivity index is 2.56. The van der Waals surface area contributed by atoms with Gasteiger partial charge < -0.3 is 0 Å². The fourth-order valence-corrected chi connectivity index (χ4v) is 2.23. The molecule has 1 atom stereocenters. The van der Waals surface area contributed by atoms with Gasteiger partial charge in [0.25, 0.3) is 0 Å². The van der Waals surface area contributed by atoms with Crippen LogP contribution < -0.4 is 0 Å². The lowest BCUT2D eigenvalue weighted by atomic mass is 9.89. The van der Waals surface area contributed by atoms with Crippen molar-refractivity contribution in [2.75, 3.05) is 0 Å². The second kappa shape index (κ2) is 5.76. The quantitative estimate of drug-likeness (QED) is 0.815. The number of halogens is 2. The Kier molecular flexibility index (Phi) is 4.07. The van der Waals surface area contributed by atoms with Crippen molar-refractivity contribution in [1.82, 2.24) is 0 Å². The summed E-state index contributed by atoms with van der Waals surface area (Å²) in [5.74, 6) is -0.536. The molecule has 0 saturated carbocycles. The van der Waals surface area contributed by atoms with Gasteiger partial charge in [0.05, 0.1) is 22.6 Å². The van der Waals surface area contributed by atoms with Crippen molar-refractivity contribution in [3.63, 3.8) is 0 Å². The smallest absolute Gasteiger partial charge is 0.101 e. The molecule has 0 N–H and O–H groups in total. The van der Waals surface area contributed by atoms with Crippen molar-refractivity contribution >= 4 is 23.2 Å². The lowest BCUT2D eigenvalue weighted by Gasteiger charge is -2.12. The zero-order valence-electron chi connectivity index (χ0n) is 9.77. The number of hydrogen-bond acceptors (Lipinski definition) is 2. The summed E-state index contributed by atoms with van der Waals surface area (Å²) in [5, 5.41) is 19.5. The molecule has 0 aliphatic carbocycles. The molecule has 0 aromatic heterocycles. The summed E-state index contributed by atoms with van der Waals surface area (Å²) >= 11 is 11.8. The van der Waals surface area contributed by atoms with Gasteiger partial charge in [0.1, 0.15) is 6.07 Å². The van der Waals surface area contributed by atoms with E-state index in [1.165, 1.54) is 0 Å². The predicted octanol–water partition coefficient (Wildman–Crippen LogP) is 4.52. The molecule has 0 unspecified atom stereocenters. The fraction of sp³-hybridized carbons (Fsp3) is 0.0667. The molecule has 92 valence electrons. The van der Waals surface area contributed by atoms with Crippen LogP contribution in [-0.2, 0) is 0 Å². The summed E-state index contributed by atoms with van der Waals surface area (Å²) in [6.45, 7) is 0. The molecule has 0 radical (unpaired) electrons. The number of benzene rings is 2. The van der Waals surface area contributed by atoms with Gasteiger partial charge in [-0.3, -0.25) is 0 Å². The Hall–Kier alpha value is -2.00. The molecule has 2 nitrogen and oxygen atoms in total. The Labute approximate surface area is 121 Å². The number of hydrogen-bond donors (Lipinski definition) is 0. The van der Waals surface area contributed by atoms with Crippen molar-refractivity contribution < 1.29 is 0 Å². The Morgan fingerprint density at radius 2 is 1.63 bits per heavy atom. The van der Waals surface area contributed by atoms with Crippen LogP contribution in [0.2, 0.25) is 10.0 Å². The van der Waals surface area contributed by atoms with Crippen molar-refractivity contribution in [2.24, 2.45) is 0 Å². The monoisotopic (exact) mass is 286 g/mol. The highest BCUT2D eigenvalue weighted by molar-refractivity contribution is 6.31. The molecule has 0 bridgehead atoms. The first-order chi connectivity index (χ1) is 9.17. The van der Waals surface area contributed by atoms with Crippen LogP contribution in [0.5, 0.6) is 0 Å². The maximum Gasteiger partial charge on any atom is 0.101 e. The normalized spacial score (nSPS) is 11.4. The SMILES string of the molecule is N#Cc1c(Cl)cccc1[C@@H](C#N)c1ccc(Cl)cc1. The van der Waals surface area contributed by atoms with Gasteiger partial charge in [0, 0.05) is 5.02 Å². The third-order valence-electron chi connectivity index (χ3n) is 2.80. The first kappa shape index (κ1) is 13.4. The Morgan fingerprint density at radius 1 is 0.947 bits per heavy atom. The summed E-state index contributed by atoms with van der Waals surface area (Å²) in [6.07, 6.45) is 0. The maximum atomic E-state index is 9.38. The number of nitriles is 2. The number of rotatable bonds is 2. The second-order valence-corrected chi connectivity index (χ2v) is 4.77. The molecule has 0 heterocycles. The van der Waals surface area contributed by atoms with Crippen LogP contribution in [0.4, 0.5) is 0 Å². The van der Waals surface area contributed by atoms with Crippen molar-refractivity contribution in [3.8, 4) is 12.1 Å².